The number of hydrogen-bond donors (Lipinski definition) is 5. The fourth-order valence-corrected chi connectivity index (χ4v) is 3.25. The van der Waals surface area contributed by atoms with Crippen molar-refractivity contribution in [3.05, 3.63) is 35.4 Å². The quantitative estimate of drug-likeness (QED) is 0.386. The molecule has 2 heterocycles. The molecule has 0 bridgehead atoms. The molecule has 1 aromatic carbocycles. The van der Waals surface area contributed by atoms with E-state index in [-0.39, 0.29) is 17.9 Å². The zero-order chi connectivity index (χ0) is 22.8. The maximum absolute atomic E-state index is 12.7. The first-order chi connectivity index (χ1) is 14.7. The highest BCUT2D eigenvalue weighted by molar-refractivity contribution is 6.01. The Morgan fingerprint density at radius 2 is 1.74 bits per heavy atom. The Kier molecular flexibility index (Phi) is 6.09. The number of nitrogen functional groups attached to an aromatic ring is 1. The minimum atomic E-state index is -4.45. The van der Waals surface area contributed by atoms with Crippen molar-refractivity contribution in [2.24, 2.45) is 0 Å². The molecular weight excluding hydrogens is 413 g/mol. The van der Waals surface area contributed by atoms with Gasteiger partial charge in [-0.2, -0.15) is 13.2 Å². The third-order valence-electron chi connectivity index (χ3n) is 4.72. The molecule has 0 unspecified atom stereocenters. The van der Waals surface area contributed by atoms with E-state index >= 15 is 0 Å². The summed E-state index contributed by atoms with van der Waals surface area (Å²) in [6.07, 6.45) is -4.45. The lowest BCUT2D eigenvalue weighted by Gasteiger charge is -2.14. The van der Waals surface area contributed by atoms with Crippen molar-refractivity contribution in [1.29, 1.82) is 0 Å². The van der Waals surface area contributed by atoms with Gasteiger partial charge < -0.3 is 31.6 Å². The van der Waals surface area contributed by atoms with Crippen molar-refractivity contribution < 1.29 is 18.0 Å². The van der Waals surface area contributed by atoms with Crippen LogP contribution in [0.3, 0.4) is 0 Å². The van der Waals surface area contributed by atoms with Gasteiger partial charge in [-0.25, -0.2) is 9.97 Å². The van der Waals surface area contributed by atoms with E-state index in [9.17, 15) is 18.0 Å². The summed E-state index contributed by atoms with van der Waals surface area (Å²) in [5.41, 5.74) is 7.28. The summed E-state index contributed by atoms with van der Waals surface area (Å²) in [6.45, 7) is 0.542. The van der Waals surface area contributed by atoms with Gasteiger partial charge in [-0.15, -0.1) is 0 Å². The standard InChI is InChI=1S/C19H23F3N8O/c1-24-13-14-12(15(23)29-16(13)25-2)28-18(26-3)30(14)9-8-27-17(31)10-4-6-11(7-5-10)19(20,21)22/h4-7,24H,8-9H2,1-3H3,(H,26,28)(H,27,31)(H3,23,25,29). The smallest absolute Gasteiger partial charge is 0.383 e. The van der Waals surface area contributed by atoms with Crippen LogP contribution in [0.5, 0.6) is 0 Å². The van der Waals surface area contributed by atoms with Crippen LogP contribution in [-0.2, 0) is 12.7 Å². The maximum Gasteiger partial charge on any atom is 0.416 e. The van der Waals surface area contributed by atoms with Gasteiger partial charge in [0.05, 0.1) is 5.56 Å². The lowest BCUT2D eigenvalue weighted by molar-refractivity contribution is -0.137. The molecule has 0 radical (unpaired) electrons. The van der Waals surface area contributed by atoms with E-state index in [1.807, 2.05) is 4.57 Å². The number of nitrogens with two attached hydrogens (primary N) is 1. The third kappa shape index (κ3) is 4.27. The summed E-state index contributed by atoms with van der Waals surface area (Å²) < 4.78 is 39.9. The number of halogens is 3. The molecular formula is C19H23F3N8O. The van der Waals surface area contributed by atoms with Gasteiger partial charge in [0.25, 0.3) is 5.91 Å². The number of alkyl halides is 3. The van der Waals surface area contributed by atoms with Gasteiger partial charge in [-0.1, -0.05) is 0 Å². The Balaban J connectivity index is 1.82. The van der Waals surface area contributed by atoms with E-state index in [0.717, 1.165) is 24.3 Å². The van der Waals surface area contributed by atoms with Crippen LogP contribution in [0.1, 0.15) is 15.9 Å². The lowest BCUT2D eigenvalue weighted by atomic mass is 10.1. The molecule has 0 atom stereocenters. The topological polar surface area (TPSA) is 122 Å². The maximum atomic E-state index is 12.7. The Bertz CT molecular complexity index is 1090. The predicted octanol–water partition coefficient (Wildman–Crippen LogP) is 2.59. The van der Waals surface area contributed by atoms with Crippen LogP contribution in [0.4, 0.5) is 36.4 Å². The molecule has 1 amide bonds. The van der Waals surface area contributed by atoms with Gasteiger partial charge in [0.1, 0.15) is 16.7 Å². The molecule has 0 saturated carbocycles. The molecule has 31 heavy (non-hydrogen) atoms. The minimum absolute atomic E-state index is 0.138. The molecule has 0 aliphatic rings. The molecule has 3 aromatic rings. The van der Waals surface area contributed by atoms with Crippen molar-refractivity contribution in [2.45, 2.75) is 12.7 Å². The summed E-state index contributed by atoms with van der Waals surface area (Å²) in [7, 11) is 5.18. The van der Waals surface area contributed by atoms with Crippen LogP contribution in [0.25, 0.3) is 11.0 Å². The molecule has 9 nitrogen and oxygen atoms in total. The highest BCUT2D eigenvalue weighted by Crippen LogP contribution is 2.34. The molecule has 0 fully saturated rings. The molecule has 6 N–H and O–H groups in total. The van der Waals surface area contributed by atoms with Gasteiger partial charge in [0.2, 0.25) is 5.95 Å². The van der Waals surface area contributed by atoms with Crippen LogP contribution in [0, 0.1) is 0 Å². The molecule has 0 aliphatic heterocycles. The van der Waals surface area contributed by atoms with Crippen LogP contribution in [0.2, 0.25) is 0 Å². The number of imidazole rings is 1. The van der Waals surface area contributed by atoms with Crippen LogP contribution in [0.15, 0.2) is 24.3 Å². The zero-order valence-electron chi connectivity index (χ0n) is 17.2. The number of carbonyl (C=O) groups is 1. The normalized spacial score (nSPS) is 11.4. The van der Waals surface area contributed by atoms with Crippen molar-refractivity contribution in [3.8, 4) is 0 Å². The Hall–Kier alpha value is -3.70. The van der Waals surface area contributed by atoms with Gasteiger partial charge in [-0.3, -0.25) is 4.79 Å². The number of carbonyl (C=O) groups excluding carboxylic acids is 1. The Labute approximate surface area is 176 Å². The average molecular weight is 436 g/mol. The van der Waals surface area contributed by atoms with E-state index in [4.69, 9.17) is 5.73 Å². The number of benzene rings is 1. The fraction of sp³-hybridized carbons (Fsp3) is 0.316. The molecule has 0 spiro atoms. The number of fused-ring (bicyclic) bond motifs is 1. The van der Waals surface area contributed by atoms with Crippen molar-refractivity contribution in [2.75, 3.05) is 49.4 Å². The van der Waals surface area contributed by atoms with E-state index in [2.05, 4.69) is 31.2 Å². The van der Waals surface area contributed by atoms with Crippen LogP contribution >= 0.6 is 0 Å². The second-order valence-corrected chi connectivity index (χ2v) is 6.59. The number of nitrogens with zero attached hydrogens (tertiary/aromatic N) is 3. The first-order valence-corrected chi connectivity index (χ1v) is 9.39. The van der Waals surface area contributed by atoms with Gasteiger partial charge >= 0.3 is 6.18 Å². The number of hydrogen-bond acceptors (Lipinski definition) is 7. The Morgan fingerprint density at radius 3 is 2.29 bits per heavy atom. The number of amides is 1. The number of aromatic nitrogens is 3. The first-order valence-electron chi connectivity index (χ1n) is 9.39. The molecule has 12 heteroatoms. The molecule has 0 saturated heterocycles. The summed E-state index contributed by atoms with van der Waals surface area (Å²) in [6, 6.07) is 4.06. The van der Waals surface area contributed by atoms with Crippen LogP contribution in [-0.4, -0.2) is 48.1 Å². The van der Waals surface area contributed by atoms with Crippen molar-refractivity contribution in [3.63, 3.8) is 0 Å². The van der Waals surface area contributed by atoms with E-state index in [0.29, 0.717) is 35.0 Å². The summed E-state index contributed by atoms with van der Waals surface area (Å²) >= 11 is 0. The largest absolute Gasteiger partial charge is 0.416 e. The Morgan fingerprint density at radius 1 is 1.06 bits per heavy atom. The summed E-state index contributed by atoms with van der Waals surface area (Å²) in [5.74, 6) is 0.847. The SMILES string of the molecule is CNc1nc(N)c2nc(NC)n(CCNC(=O)c3ccc(C(F)(F)F)cc3)c2c1NC. The van der Waals surface area contributed by atoms with E-state index in [1.165, 1.54) is 0 Å². The van der Waals surface area contributed by atoms with Crippen LogP contribution < -0.4 is 27.0 Å². The minimum Gasteiger partial charge on any atom is -0.383 e. The number of anilines is 4. The van der Waals surface area contributed by atoms with Crippen molar-refractivity contribution >= 4 is 40.2 Å². The van der Waals surface area contributed by atoms with Gasteiger partial charge in [0, 0.05) is 39.8 Å². The molecule has 0 aliphatic carbocycles. The van der Waals surface area contributed by atoms with Gasteiger partial charge in [0.15, 0.2) is 11.6 Å². The second kappa shape index (κ2) is 8.58. The average Bonchev–Trinajstić information content (AvgIpc) is 3.12. The predicted molar refractivity (Wildman–Crippen MR) is 114 cm³/mol. The number of rotatable bonds is 7. The fourth-order valence-electron chi connectivity index (χ4n) is 3.25. The molecule has 2 aromatic heterocycles. The third-order valence-corrected chi connectivity index (χ3v) is 4.72. The van der Waals surface area contributed by atoms with E-state index in [1.54, 1.807) is 21.1 Å². The first kappa shape index (κ1) is 22.0. The zero-order valence-corrected chi connectivity index (χ0v) is 17.2. The monoisotopic (exact) mass is 436 g/mol. The number of pyridine rings is 1. The number of nitrogens with one attached hydrogen (secondary N) is 4. The lowest BCUT2D eigenvalue weighted by Crippen LogP contribution is -2.27. The van der Waals surface area contributed by atoms with Gasteiger partial charge in [-0.05, 0) is 24.3 Å². The molecule has 166 valence electrons. The van der Waals surface area contributed by atoms with E-state index < -0.39 is 17.6 Å². The van der Waals surface area contributed by atoms with Crippen molar-refractivity contribution in [1.82, 2.24) is 19.9 Å². The summed E-state index contributed by atoms with van der Waals surface area (Å²) in [5, 5.41) is 11.8. The molecule has 3 rings (SSSR count). The second-order valence-electron chi connectivity index (χ2n) is 6.59. The highest BCUT2D eigenvalue weighted by Gasteiger charge is 2.30. The highest BCUT2D eigenvalue weighted by atomic mass is 19.4. The summed E-state index contributed by atoms with van der Waals surface area (Å²) in [4.78, 5) is 21.1.